The molecule has 0 aliphatic carbocycles. The predicted molar refractivity (Wildman–Crippen MR) is 63.8 cm³/mol. The van der Waals surface area contributed by atoms with Gasteiger partial charge in [-0.25, -0.2) is 0 Å². The van der Waals surface area contributed by atoms with Crippen molar-refractivity contribution in [3.63, 3.8) is 0 Å². The van der Waals surface area contributed by atoms with Crippen molar-refractivity contribution >= 4 is 16.7 Å². The van der Waals surface area contributed by atoms with E-state index in [0.717, 1.165) is 22.2 Å². The second kappa shape index (κ2) is 4.18. The number of rotatable bonds is 3. The maximum Gasteiger partial charge on any atom is 0.303 e. The van der Waals surface area contributed by atoms with Crippen molar-refractivity contribution in [2.45, 2.75) is 12.8 Å². The van der Waals surface area contributed by atoms with Gasteiger partial charge < -0.3 is 14.6 Å². The summed E-state index contributed by atoms with van der Waals surface area (Å²) in [5.41, 5.74) is 0.771. The zero-order chi connectivity index (χ0) is 12.5. The number of aryl methyl sites for hydroxylation is 1. The van der Waals surface area contributed by atoms with E-state index in [-0.39, 0.29) is 13.2 Å². The first-order valence-electron chi connectivity index (χ1n) is 5.63. The summed E-state index contributed by atoms with van der Waals surface area (Å²) in [4.78, 5) is 14.9. The van der Waals surface area contributed by atoms with Gasteiger partial charge in [-0.05, 0) is 23.6 Å². The minimum atomic E-state index is -0.824. The van der Waals surface area contributed by atoms with Crippen LogP contribution in [0.15, 0.2) is 24.4 Å². The van der Waals surface area contributed by atoms with Crippen LogP contribution in [0.2, 0.25) is 0 Å². The Morgan fingerprint density at radius 3 is 2.89 bits per heavy atom. The fourth-order valence-electron chi connectivity index (χ4n) is 2.05. The second-order valence-electron chi connectivity index (χ2n) is 4.08. The van der Waals surface area contributed by atoms with Gasteiger partial charge in [0.05, 0.1) is 6.42 Å². The molecule has 0 bridgehead atoms. The minimum absolute atomic E-state index is 0.0700. The highest BCUT2D eigenvalue weighted by molar-refractivity contribution is 5.88. The van der Waals surface area contributed by atoms with Crippen LogP contribution in [0.5, 0.6) is 11.5 Å². The summed E-state index contributed by atoms with van der Waals surface area (Å²) in [6.45, 7) is 0.226. The quantitative estimate of drug-likeness (QED) is 0.895. The third-order valence-corrected chi connectivity index (χ3v) is 2.92. The molecule has 92 valence electrons. The van der Waals surface area contributed by atoms with E-state index in [1.807, 2.05) is 18.2 Å². The molecule has 0 amide bonds. The maximum atomic E-state index is 10.6. The third kappa shape index (κ3) is 1.84. The average molecular weight is 245 g/mol. The van der Waals surface area contributed by atoms with Crippen molar-refractivity contribution in [1.29, 1.82) is 0 Å². The zero-order valence-corrected chi connectivity index (χ0v) is 9.55. The number of ether oxygens (including phenoxy) is 2. The molecule has 1 N–H and O–H groups in total. The molecule has 1 aliphatic rings. The number of pyridine rings is 1. The van der Waals surface area contributed by atoms with Crippen molar-refractivity contribution < 1.29 is 19.4 Å². The molecule has 0 fully saturated rings. The number of benzene rings is 1. The Bertz CT molecular complexity index is 624. The molecule has 1 aliphatic heterocycles. The molecular weight excluding hydrogens is 234 g/mol. The summed E-state index contributed by atoms with van der Waals surface area (Å²) in [7, 11) is 0. The van der Waals surface area contributed by atoms with Crippen LogP contribution in [-0.4, -0.2) is 22.9 Å². The van der Waals surface area contributed by atoms with Crippen LogP contribution in [0.1, 0.15) is 12.1 Å². The van der Waals surface area contributed by atoms with E-state index in [0.29, 0.717) is 12.2 Å². The van der Waals surface area contributed by atoms with Crippen molar-refractivity contribution in [3.05, 3.63) is 30.1 Å². The third-order valence-electron chi connectivity index (χ3n) is 2.92. The van der Waals surface area contributed by atoms with Crippen molar-refractivity contribution in [1.82, 2.24) is 4.98 Å². The number of hydrogen-bond donors (Lipinski definition) is 1. The first kappa shape index (κ1) is 10.8. The first-order valence-corrected chi connectivity index (χ1v) is 5.63. The monoisotopic (exact) mass is 245 g/mol. The molecule has 0 unspecified atom stereocenters. The lowest BCUT2D eigenvalue weighted by Crippen LogP contribution is -1.99. The molecule has 0 spiro atoms. The second-order valence-corrected chi connectivity index (χ2v) is 4.08. The lowest BCUT2D eigenvalue weighted by atomic mass is 10.1. The Hall–Kier alpha value is -2.30. The minimum Gasteiger partial charge on any atom is -0.481 e. The lowest BCUT2D eigenvalue weighted by molar-refractivity contribution is -0.136. The summed E-state index contributed by atoms with van der Waals surface area (Å²) in [5, 5.41) is 10.6. The smallest absolute Gasteiger partial charge is 0.303 e. The lowest BCUT2D eigenvalue weighted by Gasteiger charge is -2.05. The van der Waals surface area contributed by atoms with Gasteiger partial charge in [0.1, 0.15) is 0 Å². The predicted octanol–water partition coefficient (Wildman–Crippen LogP) is 1.98. The number of carboxylic acid groups (broad SMARTS) is 1. The Morgan fingerprint density at radius 2 is 2.11 bits per heavy atom. The number of nitrogens with zero attached hydrogens (tertiary/aromatic N) is 1. The molecule has 1 aromatic heterocycles. The Kier molecular flexibility index (Phi) is 2.51. The highest BCUT2D eigenvalue weighted by Gasteiger charge is 2.16. The number of fused-ring (bicyclic) bond motifs is 2. The van der Waals surface area contributed by atoms with E-state index in [4.69, 9.17) is 14.6 Å². The number of carbonyl (C=O) groups is 1. The SMILES string of the molecule is O=C(O)CCc1nccc2cc3c(cc12)OCO3. The summed E-state index contributed by atoms with van der Waals surface area (Å²) in [6, 6.07) is 5.63. The van der Waals surface area contributed by atoms with Gasteiger partial charge in [-0.1, -0.05) is 0 Å². The Labute approximate surface area is 103 Å². The van der Waals surface area contributed by atoms with Crippen LogP contribution in [-0.2, 0) is 11.2 Å². The summed E-state index contributed by atoms with van der Waals surface area (Å²) >= 11 is 0. The molecule has 3 rings (SSSR count). The van der Waals surface area contributed by atoms with Crippen LogP contribution in [0.3, 0.4) is 0 Å². The van der Waals surface area contributed by atoms with Crippen molar-refractivity contribution in [2.24, 2.45) is 0 Å². The molecule has 0 saturated carbocycles. The maximum absolute atomic E-state index is 10.6. The molecule has 2 aromatic rings. The van der Waals surface area contributed by atoms with Crippen LogP contribution < -0.4 is 9.47 Å². The fourth-order valence-corrected chi connectivity index (χ4v) is 2.05. The molecule has 18 heavy (non-hydrogen) atoms. The van der Waals surface area contributed by atoms with Gasteiger partial charge in [0.15, 0.2) is 11.5 Å². The van der Waals surface area contributed by atoms with Crippen LogP contribution >= 0.6 is 0 Å². The largest absolute Gasteiger partial charge is 0.481 e. The molecular formula is C13H11NO4. The molecule has 5 heteroatoms. The van der Waals surface area contributed by atoms with Crippen LogP contribution in [0.25, 0.3) is 10.8 Å². The Morgan fingerprint density at radius 1 is 1.33 bits per heavy atom. The summed E-state index contributed by atoms with van der Waals surface area (Å²) in [6.07, 6.45) is 2.16. The number of hydrogen-bond acceptors (Lipinski definition) is 4. The summed E-state index contributed by atoms with van der Waals surface area (Å²) < 4.78 is 10.6. The van der Waals surface area contributed by atoms with Crippen molar-refractivity contribution in [3.8, 4) is 11.5 Å². The van der Waals surface area contributed by atoms with E-state index in [1.165, 1.54) is 0 Å². The van der Waals surface area contributed by atoms with Gasteiger partial charge in [0.25, 0.3) is 0 Å². The highest BCUT2D eigenvalue weighted by atomic mass is 16.7. The van der Waals surface area contributed by atoms with E-state index in [9.17, 15) is 4.79 Å². The van der Waals surface area contributed by atoms with Gasteiger partial charge in [-0.15, -0.1) is 0 Å². The number of aromatic nitrogens is 1. The summed E-state index contributed by atoms with van der Waals surface area (Å²) in [5.74, 6) is 0.583. The molecule has 0 atom stereocenters. The number of carboxylic acids is 1. The fraction of sp³-hybridized carbons (Fsp3) is 0.231. The van der Waals surface area contributed by atoms with E-state index in [2.05, 4.69) is 4.98 Å². The van der Waals surface area contributed by atoms with E-state index < -0.39 is 5.97 Å². The topological polar surface area (TPSA) is 68.7 Å². The highest BCUT2D eigenvalue weighted by Crippen LogP contribution is 2.36. The normalized spacial score (nSPS) is 12.9. The zero-order valence-electron chi connectivity index (χ0n) is 9.55. The standard InChI is InChI=1S/C13H11NO4/c15-13(16)2-1-10-9-6-12-11(17-7-18-12)5-8(9)3-4-14-10/h3-6H,1-2,7H2,(H,15,16). The molecule has 5 nitrogen and oxygen atoms in total. The molecule has 0 radical (unpaired) electrons. The van der Waals surface area contributed by atoms with Crippen LogP contribution in [0, 0.1) is 0 Å². The van der Waals surface area contributed by atoms with Crippen LogP contribution in [0.4, 0.5) is 0 Å². The van der Waals surface area contributed by atoms with Gasteiger partial charge in [0.2, 0.25) is 6.79 Å². The molecule has 1 aromatic carbocycles. The van der Waals surface area contributed by atoms with Gasteiger partial charge >= 0.3 is 5.97 Å². The van der Waals surface area contributed by atoms with Gasteiger partial charge in [-0.2, -0.15) is 0 Å². The van der Waals surface area contributed by atoms with Gasteiger partial charge in [-0.3, -0.25) is 9.78 Å². The molecule has 2 heterocycles. The number of aliphatic carboxylic acids is 1. The van der Waals surface area contributed by atoms with E-state index in [1.54, 1.807) is 6.20 Å². The van der Waals surface area contributed by atoms with Crippen molar-refractivity contribution in [2.75, 3.05) is 6.79 Å². The average Bonchev–Trinajstić information content (AvgIpc) is 2.80. The molecule has 0 saturated heterocycles. The Balaban J connectivity index is 2.06. The van der Waals surface area contributed by atoms with Gasteiger partial charge in [0, 0.05) is 23.7 Å². The first-order chi connectivity index (χ1) is 8.74. The van der Waals surface area contributed by atoms with E-state index >= 15 is 0 Å².